The molecule has 0 aromatic carbocycles. The predicted octanol–water partition coefficient (Wildman–Crippen LogP) is 2.77. The first-order valence-electron chi connectivity index (χ1n) is 6.76. The molecule has 0 aliphatic carbocycles. The summed E-state index contributed by atoms with van der Waals surface area (Å²) in [5.41, 5.74) is 6.18. The molecule has 0 fully saturated rings. The topological polar surface area (TPSA) is 79.5 Å². The van der Waals surface area contributed by atoms with Crippen molar-refractivity contribution in [1.82, 2.24) is 4.98 Å². The van der Waals surface area contributed by atoms with E-state index in [0.717, 1.165) is 25.8 Å². The summed E-state index contributed by atoms with van der Waals surface area (Å²) in [7, 11) is 0. The van der Waals surface area contributed by atoms with Gasteiger partial charge in [-0.25, -0.2) is 9.78 Å². The van der Waals surface area contributed by atoms with Crippen LogP contribution in [0.25, 0.3) is 0 Å². The average Bonchev–Trinajstić information content (AvgIpc) is 2.39. The molecule has 0 bridgehead atoms. The molecule has 19 heavy (non-hydrogen) atoms. The van der Waals surface area contributed by atoms with Crippen LogP contribution in [0.2, 0.25) is 0 Å². The summed E-state index contributed by atoms with van der Waals surface area (Å²) in [6, 6.07) is 1.73. The fourth-order valence-corrected chi connectivity index (χ4v) is 1.94. The van der Waals surface area contributed by atoms with Crippen LogP contribution < -0.4 is 10.6 Å². The number of hydrogen-bond donors (Lipinski definition) is 2. The number of nitrogen functional groups attached to an aromatic ring is 1. The van der Waals surface area contributed by atoms with E-state index < -0.39 is 5.97 Å². The molecule has 0 amide bonds. The molecule has 0 spiro atoms. The second-order valence-electron chi connectivity index (χ2n) is 4.75. The van der Waals surface area contributed by atoms with Gasteiger partial charge in [0.05, 0.1) is 11.9 Å². The average molecular weight is 265 g/mol. The SMILES string of the molecule is CCCCN(c1ncc(N)cc1C(=O)O)C(C)CC. The minimum absolute atomic E-state index is 0.177. The van der Waals surface area contributed by atoms with E-state index in [1.54, 1.807) is 0 Å². The van der Waals surface area contributed by atoms with E-state index in [-0.39, 0.29) is 11.6 Å². The van der Waals surface area contributed by atoms with Crippen molar-refractivity contribution in [2.75, 3.05) is 17.2 Å². The van der Waals surface area contributed by atoms with Crippen molar-refractivity contribution in [3.63, 3.8) is 0 Å². The lowest BCUT2D eigenvalue weighted by molar-refractivity contribution is 0.0697. The Labute approximate surface area is 114 Å². The predicted molar refractivity (Wildman–Crippen MR) is 77.6 cm³/mol. The maximum Gasteiger partial charge on any atom is 0.339 e. The zero-order valence-electron chi connectivity index (χ0n) is 11.9. The summed E-state index contributed by atoms with van der Waals surface area (Å²) in [4.78, 5) is 17.6. The number of hydrogen-bond acceptors (Lipinski definition) is 4. The van der Waals surface area contributed by atoms with E-state index in [2.05, 4.69) is 30.7 Å². The van der Waals surface area contributed by atoms with E-state index in [0.29, 0.717) is 11.5 Å². The highest BCUT2D eigenvalue weighted by Crippen LogP contribution is 2.23. The fraction of sp³-hybridized carbons (Fsp3) is 0.571. The Morgan fingerprint density at radius 3 is 2.74 bits per heavy atom. The minimum atomic E-state index is -0.986. The smallest absolute Gasteiger partial charge is 0.339 e. The number of aromatic nitrogens is 1. The van der Waals surface area contributed by atoms with Crippen LogP contribution in [0, 0.1) is 0 Å². The van der Waals surface area contributed by atoms with Crippen LogP contribution in [0.1, 0.15) is 50.4 Å². The number of carboxylic acid groups (broad SMARTS) is 1. The largest absolute Gasteiger partial charge is 0.478 e. The van der Waals surface area contributed by atoms with Crippen molar-refractivity contribution in [2.24, 2.45) is 0 Å². The molecule has 106 valence electrons. The molecule has 1 aromatic heterocycles. The molecule has 0 aliphatic rings. The molecule has 5 nitrogen and oxygen atoms in total. The Hall–Kier alpha value is -1.78. The van der Waals surface area contributed by atoms with Crippen LogP contribution in [0.15, 0.2) is 12.3 Å². The van der Waals surface area contributed by atoms with E-state index in [4.69, 9.17) is 5.73 Å². The maximum absolute atomic E-state index is 11.3. The number of rotatable bonds is 7. The highest BCUT2D eigenvalue weighted by Gasteiger charge is 2.21. The third-order valence-electron chi connectivity index (χ3n) is 3.27. The molecular formula is C14H23N3O2. The molecule has 1 heterocycles. The van der Waals surface area contributed by atoms with Crippen LogP contribution in [-0.2, 0) is 0 Å². The zero-order chi connectivity index (χ0) is 14.4. The van der Waals surface area contributed by atoms with Gasteiger partial charge in [0, 0.05) is 12.6 Å². The van der Waals surface area contributed by atoms with E-state index in [9.17, 15) is 9.90 Å². The molecule has 0 saturated carbocycles. The maximum atomic E-state index is 11.3. The van der Waals surface area contributed by atoms with Crippen molar-refractivity contribution in [3.8, 4) is 0 Å². The Kier molecular flexibility index (Phi) is 5.60. The highest BCUT2D eigenvalue weighted by atomic mass is 16.4. The highest BCUT2D eigenvalue weighted by molar-refractivity contribution is 5.94. The molecule has 1 atom stereocenters. The van der Waals surface area contributed by atoms with Crippen molar-refractivity contribution < 1.29 is 9.90 Å². The van der Waals surface area contributed by atoms with Crippen molar-refractivity contribution in [3.05, 3.63) is 17.8 Å². The van der Waals surface area contributed by atoms with Gasteiger partial charge < -0.3 is 15.7 Å². The van der Waals surface area contributed by atoms with Crippen LogP contribution >= 0.6 is 0 Å². The van der Waals surface area contributed by atoms with Gasteiger partial charge in [-0.2, -0.15) is 0 Å². The van der Waals surface area contributed by atoms with E-state index in [1.807, 2.05) is 0 Å². The van der Waals surface area contributed by atoms with Gasteiger partial charge in [0.15, 0.2) is 0 Å². The lowest BCUT2D eigenvalue weighted by Crippen LogP contribution is -2.35. The summed E-state index contributed by atoms with van der Waals surface area (Å²) in [6.07, 6.45) is 4.53. The Bertz CT molecular complexity index is 435. The lowest BCUT2D eigenvalue weighted by atomic mass is 10.1. The van der Waals surface area contributed by atoms with Gasteiger partial charge in [-0.3, -0.25) is 0 Å². The first kappa shape index (κ1) is 15.3. The van der Waals surface area contributed by atoms with E-state index >= 15 is 0 Å². The van der Waals surface area contributed by atoms with Crippen LogP contribution in [0.3, 0.4) is 0 Å². The van der Waals surface area contributed by atoms with Crippen molar-refractivity contribution >= 4 is 17.5 Å². The molecule has 1 aromatic rings. The molecular weight excluding hydrogens is 242 g/mol. The van der Waals surface area contributed by atoms with Crippen LogP contribution in [0.4, 0.5) is 11.5 Å². The lowest BCUT2D eigenvalue weighted by Gasteiger charge is -2.30. The van der Waals surface area contributed by atoms with Gasteiger partial charge in [-0.15, -0.1) is 0 Å². The molecule has 1 rings (SSSR count). The zero-order valence-corrected chi connectivity index (χ0v) is 11.9. The number of anilines is 2. The minimum Gasteiger partial charge on any atom is -0.478 e. The molecule has 0 aliphatic heterocycles. The summed E-state index contributed by atoms with van der Waals surface area (Å²) in [5, 5.41) is 9.30. The second-order valence-corrected chi connectivity index (χ2v) is 4.75. The summed E-state index contributed by atoms with van der Waals surface area (Å²) in [5.74, 6) is -0.468. The summed E-state index contributed by atoms with van der Waals surface area (Å²) >= 11 is 0. The Morgan fingerprint density at radius 1 is 1.53 bits per heavy atom. The molecule has 5 heteroatoms. The van der Waals surface area contributed by atoms with Crippen LogP contribution in [0.5, 0.6) is 0 Å². The van der Waals surface area contributed by atoms with Gasteiger partial charge in [0.25, 0.3) is 0 Å². The normalized spacial score (nSPS) is 12.2. The Morgan fingerprint density at radius 2 is 2.21 bits per heavy atom. The third kappa shape index (κ3) is 3.84. The Balaban J connectivity index is 3.17. The number of carbonyl (C=O) groups is 1. The third-order valence-corrected chi connectivity index (χ3v) is 3.27. The number of pyridine rings is 1. The first-order valence-corrected chi connectivity index (χ1v) is 6.76. The number of nitrogens with zero attached hydrogens (tertiary/aromatic N) is 2. The van der Waals surface area contributed by atoms with Gasteiger partial charge in [0.1, 0.15) is 11.4 Å². The molecule has 0 radical (unpaired) electrons. The number of unbranched alkanes of at least 4 members (excludes halogenated alkanes) is 1. The molecule has 1 unspecified atom stereocenters. The second kappa shape index (κ2) is 6.97. The number of carboxylic acids is 1. The van der Waals surface area contributed by atoms with Gasteiger partial charge >= 0.3 is 5.97 Å². The quantitative estimate of drug-likeness (QED) is 0.792. The molecule has 3 N–H and O–H groups in total. The number of nitrogens with two attached hydrogens (primary N) is 1. The standard InChI is InChI=1S/C14H23N3O2/c1-4-6-7-17(10(3)5-2)13-12(14(18)19)8-11(15)9-16-13/h8-10H,4-7,15H2,1-3H3,(H,18,19). The van der Waals surface area contributed by atoms with Crippen molar-refractivity contribution in [2.45, 2.75) is 46.1 Å². The van der Waals surface area contributed by atoms with Crippen LogP contribution in [-0.4, -0.2) is 28.6 Å². The molecule has 0 saturated heterocycles. The van der Waals surface area contributed by atoms with E-state index in [1.165, 1.54) is 12.3 Å². The van der Waals surface area contributed by atoms with Crippen molar-refractivity contribution in [1.29, 1.82) is 0 Å². The monoisotopic (exact) mass is 265 g/mol. The van der Waals surface area contributed by atoms with Gasteiger partial charge in [-0.1, -0.05) is 20.3 Å². The van der Waals surface area contributed by atoms with Gasteiger partial charge in [-0.05, 0) is 25.8 Å². The summed E-state index contributed by atoms with van der Waals surface area (Å²) in [6.45, 7) is 7.09. The van der Waals surface area contributed by atoms with Gasteiger partial charge in [0.2, 0.25) is 0 Å². The fourth-order valence-electron chi connectivity index (χ4n) is 1.94. The summed E-state index contributed by atoms with van der Waals surface area (Å²) < 4.78 is 0. The first-order chi connectivity index (χ1) is 9.01. The number of aromatic carboxylic acids is 1.